The summed E-state index contributed by atoms with van der Waals surface area (Å²) in [5.41, 5.74) is 8.05. The second-order valence-electron chi connectivity index (χ2n) is 9.94. The highest BCUT2D eigenvalue weighted by Gasteiger charge is 2.21. The summed E-state index contributed by atoms with van der Waals surface area (Å²) in [6.45, 7) is 0. The van der Waals surface area contributed by atoms with Crippen LogP contribution in [0.25, 0.3) is 67.3 Å². The van der Waals surface area contributed by atoms with E-state index in [4.69, 9.17) is 19.7 Å². The van der Waals surface area contributed by atoms with Gasteiger partial charge >= 0.3 is 0 Å². The van der Waals surface area contributed by atoms with Crippen molar-refractivity contribution in [2.75, 3.05) is 0 Å². The number of pyridine rings is 1. The van der Waals surface area contributed by atoms with Crippen LogP contribution in [0.15, 0.2) is 134 Å². The van der Waals surface area contributed by atoms with E-state index < -0.39 is 0 Å². The molecule has 0 spiro atoms. The van der Waals surface area contributed by atoms with E-state index in [2.05, 4.69) is 41.4 Å². The average Bonchev–Trinajstić information content (AvgIpc) is 3.05. The Labute approximate surface area is 236 Å². The summed E-state index contributed by atoms with van der Waals surface area (Å²) in [7, 11) is 0. The molecule has 0 aliphatic carbocycles. The second kappa shape index (κ2) is 9.50. The van der Waals surface area contributed by atoms with Gasteiger partial charge in [-0.05, 0) is 47.0 Å². The van der Waals surface area contributed by atoms with Crippen LogP contribution >= 0.6 is 0 Å². The smallest absolute Gasteiger partial charge is 0.164 e. The zero-order valence-electron chi connectivity index (χ0n) is 21.9. The molecule has 5 aromatic carbocycles. The molecule has 192 valence electrons. The largest absolute Gasteiger partial charge is 0.456 e. The predicted octanol–water partition coefficient (Wildman–Crippen LogP) is 8.86. The quantitative estimate of drug-likeness (QED) is 0.229. The molecule has 5 heteroatoms. The molecular weight excluding hydrogens is 504 g/mol. The minimum Gasteiger partial charge on any atom is -0.456 e. The minimum absolute atomic E-state index is 0.627. The lowest BCUT2D eigenvalue weighted by Crippen LogP contribution is -2.00. The van der Waals surface area contributed by atoms with Crippen molar-refractivity contribution in [3.8, 4) is 67.9 Å². The third-order valence-corrected chi connectivity index (χ3v) is 7.37. The van der Waals surface area contributed by atoms with Crippen molar-refractivity contribution in [2.45, 2.75) is 0 Å². The first-order valence-corrected chi connectivity index (χ1v) is 13.5. The Hall–Kier alpha value is -5.68. The van der Waals surface area contributed by atoms with E-state index in [1.54, 1.807) is 6.20 Å². The number of ether oxygens (including phenoxy) is 1. The van der Waals surface area contributed by atoms with Crippen LogP contribution in [0.2, 0.25) is 0 Å². The number of aromatic nitrogens is 4. The first-order chi connectivity index (χ1) is 20.3. The number of benzene rings is 5. The van der Waals surface area contributed by atoms with Crippen molar-refractivity contribution in [3.05, 3.63) is 134 Å². The topological polar surface area (TPSA) is 60.8 Å². The highest BCUT2D eigenvalue weighted by atomic mass is 16.5. The fraction of sp³-hybridized carbons (Fsp3) is 0. The molecule has 0 radical (unpaired) electrons. The normalized spacial score (nSPS) is 11.6. The van der Waals surface area contributed by atoms with Gasteiger partial charge in [-0.3, -0.25) is 4.98 Å². The van der Waals surface area contributed by atoms with Gasteiger partial charge in [-0.25, -0.2) is 15.0 Å². The van der Waals surface area contributed by atoms with Gasteiger partial charge < -0.3 is 4.74 Å². The minimum atomic E-state index is 0.627. The highest BCUT2D eigenvalue weighted by molar-refractivity contribution is 6.02. The van der Waals surface area contributed by atoms with Crippen molar-refractivity contribution in [1.82, 2.24) is 19.9 Å². The van der Waals surface area contributed by atoms with Crippen LogP contribution in [-0.4, -0.2) is 19.9 Å². The molecule has 0 unspecified atom stereocenters. The Balaban J connectivity index is 1.23. The Morgan fingerprint density at radius 1 is 0.415 bits per heavy atom. The number of nitrogens with zero attached hydrogens (tertiary/aromatic N) is 4. The molecule has 1 aliphatic heterocycles. The average molecular weight is 527 g/mol. The lowest BCUT2D eigenvalue weighted by atomic mass is 9.94. The van der Waals surface area contributed by atoms with Crippen molar-refractivity contribution >= 4 is 10.9 Å². The van der Waals surface area contributed by atoms with Crippen LogP contribution in [0, 0.1) is 0 Å². The van der Waals surface area contributed by atoms with Gasteiger partial charge in [-0.2, -0.15) is 0 Å². The summed E-state index contributed by atoms with van der Waals surface area (Å²) >= 11 is 0. The molecule has 0 saturated heterocycles. The molecule has 0 amide bonds. The summed E-state index contributed by atoms with van der Waals surface area (Å²) in [6.07, 6.45) is 1.79. The fourth-order valence-corrected chi connectivity index (χ4v) is 5.39. The Kier molecular flexibility index (Phi) is 5.38. The van der Waals surface area contributed by atoms with Gasteiger partial charge in [0.25, 0.3) is 0 Å². The summed E-state index contributed by atoms with van der Waals surface area (Å²) < 4.78 is 6.38. The van der Waals surface area contributed by atoms with Gasteiger partial charge in [-0.1, -0.05) is 97.1 Å². The lowest BCUT2D eigenvalue weighted by molar-refractivity contribution is 0.487. The van der Waals surface area contributed by atoms with Crippen LogP contribution in [0.4, 0.5) is 0 Å². The number of fused-ring (bicyclic) bond motifs is 2. The van der Waals surface area contributed by atoms with Crippen molar-refractivity contribution in [2.24, 2.45) is 0 Å². The zero-order valence-corrected chi connectivity index (χ0v) is 21.9. The molecule has 1 aliphatic rings. The maximum absolute atomic E-state index is 6.38. The van der Waals surface area contributed by atoms with E-state index in [-0.39, 0.29) is 0 Å². The predicted molar refractivity (Wildman–Crippen MR) is 162 cm³/mol. The van der Waals surface area contributed by atoms with E-state index in [1.807, 2.05) is 91.0 Å². The fourth-order valence-electron chi connectivity index (χ4n) is 5.39. The summed E-state index contributed by atoms with van der Waals surface area (Å²) in [5.74, 6) is 3.57. The molecule has 7 aromatic rings. The van der Waals surface area contributed by atoms with Crippen LogP contribution in [-0.2, 0) is 0 Å². The Bertz CT molecular complexity index is 2010. The molecule has 2 aromatic heterocycles. The van der Waals surface area contributed by atoms with Gasteiger partial charge in [-0.15, -0.1) is 0 Å². The Morgan fingerprint density at radius 3 is 1.76 bits per heavy atom. The molecule has 0 N–H and O–H groups in total. The maximum atomic E-state index is 6.38. The summed E-state index contributed by atoms with van der Waals surface area (Å²) in [6, 6.07) is 42.9. The molecule has 0 atom stereocenters. The number of hydrogen-bond donors (Lipinski definition) is 0. The number of rotatable bonds is 4. The first-order valence-electron chi connectivity index (χ1n) is 13.5. The summed E-state index contributed by atoms with van der Waals surface area (Å²) in [4.78, 5) is 19.1. The molecule has 0 fully saturated rings. The SMILES string of the molecule is c1ccc(-c2nc(-c3ccccc3)nc(-c3cccc(-c4ccc5c(c4)Oc4ccnc6cccc-5c46)c3)n2)cc1. The Morgan fingerprint density at radius 2 is 1.02 bits per heavy atom. The van der Waals surface area contributed by atoms with Crippen LogP contribution in [0.3, 0.4) is 0 Å². The monoisotopic (exact) mass is 526 g/mol. The van der Waals surface area contributed by atoms with Gasteiger partial charge in [0.1, 0.15) is 11.5 Å². The molecule has 0 bridgehead atoms. The van der Waals surface area contributed by atoms with Crippen molar-refractivity contribution in [1.29, 1.82) is 0 Å². The molecule has 3 heterocycles. The van der Waals surface area contributed by atoms with Crippen LogP contribution in [0.1, 0.15) is 0 Å². The lowest BCUT2D eigenvalue weighted by Gasteiger charge is -2.21. The van der Waals surface area contributed by atoms with Gasteiger partial charge in [0, 0.05) is 28.5 Å². The van der Waals surface area contributed by atoms with Crippen molar-refractivity contribution in [3.63, 3.8) is 0 Å². The van der Waals surface area contributed by atoms with Crippen LogP contribution in [0.5, 0.6) is 11.5 Å². The van der Waals surface area contributed by atoms with E-state index in [0.29, 0.717) is 17.5 Å². The van der Waals surface area contributed by atoms with E-state index >= 15 is 0 Å². The molecular formula is C36H22N4O. The second-order valence-corrected chi connectivity index (χ2v) is 9.94. The van der Waals surface area contributed by atoms with E-state index in [1.165, 1.54) is 0 Å². The third kappa shape index (κ3) is 4.12. The molecule has 41 heavy (non-hydrogen) atoms. The van der Waals surface area contributed by atoms with E-state index in [0.717, 1.165) is 61.3 Å². The third-order valence-electron chi connectivity index (χ3n) is 7.37. The molecule has 0 saturated carbocycles. The zero-order chi connectivity index (χ0) is 27.2. The molecule has 8 rings (SSSR count). The van der Waals surface area contributed by atoms with Gasteiger partial charge in [0.2, 0.25) is 0 Å². The van der Waals surface area contributed by atoms with E-state index in [9.17, 15) is 0 Å². The van der Waals surface area contributed by atoms with Crippen molar-refractivity contribution < 1.29 is 4.74 Å². The van der Waals surface area contributed by atoms with Gasteiger partial charge in [0.05, 0.1) is 10.9 Å². The summed E-state index contributed by atoms with van der Waals surface area (Å²) in [5, 5.41) is 1.05. The highest BCUT2D eigenvalue weighted by Crippen LogP contribution is 2.47. The maximum Gasteiger partial charge on any atom is 0.164 e. The van der Waals surface area contributed by atoms with Crippen LogP contribution < -0.4 is 4.74 Å². The van der Waals surface area contributed by atoms with Gasteiger partial charge in [0.15, 0.2) is 17.5 Å². The standard InChI is InChI=1S/C36H22N4O/c1-3-9-23(10-4-1)34-38-35(24-11-5-2-6-12-24)40-36(39-34)27-14-7-13-25(21-27)26-17-18-28-29-15-8-16-30-33(29)31(19-20-37-30)41-32(28)22-26/h1-22H. The number of hydrogen-bond acceptors (Lipinski definition) is 5. The first kappa shape index (κ1) is 23.2. The molecule has 5 nitrogen and oxygen atoms in total.